The van der Waals surface area contributed by atoms with E-state index in [1.54, 1.807) is 0 Å². The van der Waals surface area contributed by atoms with Gasteiger partial charge in [0.1, 0.15) is 11.9 Å². The van der Waals surface area contributed by atoms with Gasteiger partial charge in [0.25, 0.3) is 0 Å². The standard InChI is InChI=1S/C15H19N3O8/c1-7(20)13(24)10(6-19)26-15(9(3)22,14(13,25)8(2)21)18-5-4-11(16)17-12(18)23/h4-5,10,19,24-25H,6H2,1-3H3,(H2,16,17,23)/t10-,13-,14-,15-/m1/s1. The summed E-state index contributed by atoms with van der Waals surface area (Å²) in [5, 5.41) is 31.6. The van der Waals surface area contributed by atoms with Crippen molar-refractivity contribution in [2.75, 3.05) is 12.3 Å². The van der Waals surface area contributed by atoms with Crippen LogP contribution in [0.25, 0.3) is 0 Å². The third-order valence-corrected chi connectivity index (χ3v) is 4.67. The van der Waals surface area contributed by atoms with Crippen LogP contribution in [0.15, 0.2) is 17.1 Å². The minimum absolute atomic E-state index is 0.213. The van der Waals surface area contributed by atoms with Gasteiger partial charge in [-0.25, -0.2) is 4.79 Å². The fraction of sp³-hybridized carbons (Fsp3) is 0.533. The maximum absolute atomic E-state index is 12.5. The number of aliphatic hydroxyl groups is 3. The molecule has 1 aromatic heterocycles. The van der Waals surface area contributed by atoms with Crippen LogP contribution in [0.4, 0.5) is 5.82 Å². The highest BCUT2D eigenvalue weighted by Crippen LogP contribution is 2.51. The lowest BCUT2D eigenvalue weighted by molar-refractivity contribution is -0.208. The molecular weight excluding hydrogens is 350 g/mol. The first-order valence-electron chi connectivity index (χ1n) is 7.53. The van der Waals surface area contributed by atoms with Crippen molar-refractivity contribution in [1.29, 1.82) is 0 Å². The van der Waals surface area contributed by atoms with Crippen molar-refractivity contribution < 1.29 is 34.4 Å². The van der Waals surface area contributed by atoms with E-state index in [1.165, 1.54) is 0 Å². The molecular formula is C15H19N3O8. The molecule has 1 aromatic rings. The van der Waals surface area contributed by atoms with E-state index < -0.39 is 52.7 Å². The van der Waals surface area contributed by atoms with Crippen LogP contribution < -0.4 is 11.4 Å². The van der Waals surface area contributed by atoms with Gasteiger partial charge < -0.3 is 25.8 Å². The van der Waals surface area contributed by atoms with Crippen LogP contribution in [0.5, 0.6) is 0 Å². The van der Waals surface area contributed by atoms with E-state index in [2.05, 4.69) is 4.98 Å². The molecule has 142 valence electrons. The summed E-state index contributed by atoms with van der Waals surface area (Å²) < 4.78 is 5.83. The lowest BCUT2D eigenvalue weighted by Gasteiger charge is -2.42. The van der Waals surface area contributed by atoms with Crippen LogP contribution in [0.3, 0.4) is 0 Å². The Morgan fingerprint density at radius 2 is 1.81 bits per heavy atom. The van der Waals surface area contributed by atoms with Crippen LogP contribution >= 0.6 is 0 Å². The molecule has 0 saturated carbocycles. The van der Waals surface area contributed by atoms with Gasteiger partial charge in [-0.3, -0.25) is 19.0 Å². The van der Waals surface area contributed by atoms with Gasteiger partial charge in [0.05, 0.1) is 6.61 Å². The number of nitrogen functional groups attached to an aromatic ring is 1. The number of aromatic nitrogens is 2. The Hall–Kier alpha value is -2.47. The summed E-state index contributed by atoms with van der Waals surface area (Å²) in [6.07, 6.45) is -0.942. The van der Waals surface area contributed by atoms with Gasteiger partial charge in [0, 0.05) is 6.20 Å². The minimum Gasteiger partial charge on any atom is -0.394 e. The first kappa shape index (κ1) is 19.8. The van der Waals surface area contributed by atoms with Gasteiger partial charge >= 0.3 is 5.69 Å². The Balaban J connectivity index is 3.01. The number of hydrogen-bond acceptors (Lipinski definition) is 10. The van der Waals surface area contributed by atoms with Crippen LogP contribution in [-0.2, 0) is 24.8 Å². The largest absolute Gasteiger partial charge is 0.394 e. The molecule has 4 atom stereocenters. The molecule has 0 amide bonds. The van der Waals surface area contributed by atoms with Crippen LogP contribution in [0.1, 0.15) is 20.8 Å². The number of ketones is 3. The first-order chi connectivity index (χ1) is 11.9. The van der Waals surface area contributed by atoms with Gasteiger partial charge in [-0.05, 0) is 26.8 Å². The Kier molecular flexibility index (Phi) is 4.62. The Labute approximate surface area is 147 Å². The summed E-state index contributed by atoms with van der Waals surface area (Å²) in [6, 6.07) is 1.09. The fourth-order valence-electron chi connectivity index (χ4n) is 3.42. The van der Waals surface area contributed by atoms with Crippen LogP contribution in [0.2, 0.25) is 0 Å². The average Bonchev–Trinajstić information content (AvgIpc) is 2.76. The van der Waals surface area contributed by atoms with Crippen LogP contribution in [0, 0.1) is 0 Å². The van der Waals surface area contributed by atoms with E-state index in [1.807, 2.05) is 0 Å². The number of nitrogens with zero attached hydrogens (tertiary/aromatic N) is 2. The number of ether oxygens (including phenoxy) is 1. The number of hydrogen-bond donors (Lipinski definition) is 4. The summed E-state index contributed by atoms with van der Waals surface area (Å²) in [4.78, 5) is 52.8. The zero-order valence-electron chi connectivity index (χ0n) is 14.3. The second-order valence-corrected chi connectivity index (χ2v) is 6.08. The molecule has 1 saturated heterocycles. The van der Waals surface area contributed by atoms with Crippen LogP contribution in [-0.4, -0.2) is 66.1 Å². The lowest BCUT2D eigenvalue weighted by atomic mass is 9.69. The molecule has 1 aliphatic heterocycles. The Morgan fingerprint density at radius 1 is 1.23 bits per heavy atom. The molecule has 0 bridgehead atoms. The monoisotopic (exact) mass is 369 g/mol. The summed E-state index contributed by atoms with van der Waals surface area (Å²) in [5.74, 6) is -3.67. The quantitative estimate of drug-likeness (QED) is 0.420. The van der Waals surface area contributed by atoms with Crippen molar-refractivity contribution in [2.24, 2.45) is 0 Å². The van der Waals surface area contributed by atoms with E-state index in [0.717, 1.165) is 33.0 Å². The van der Waals surface area contributed by atoms with Crippen molar-refractivity contribution in [3.63, 3.8) is 0 Å². The number of nitrogens with two attached hydrogens (primary N) is 1. The van der Waals surface area contributed by atoms with Crippen molar-refractivity contribution in [1.82, 2.24) is 9.55 Å². The number of carbonyl (C=O) groups is 3. The summed E-state index contributed by atoms with van der Waals surface area (Å²) in [7, 11) is 0. The molecule has 0 unspecified atom stereocenters. The number of carbonyl (C=O) groups excluding carboxylic acids is 3. The average molecular weight is 369 g/mol. The van der Waals surface area contributed by atoms with E-state index in [0.29, 0.717) is 4.57 Å². The van der Waals surface area contributed by atoms with Gasteiger partial charge in [0.15, 0.2) is 23.0 Å². The first-order valence-corrected chi connectivity index (χ1v) is 7.53. The maximum Gasteiger partial charge on any atom is 0.352 e. The smallest absolute Gasteiger partial charge is 0.352 e. The van der Waals surface area contributed by atoms with Crippen molar-refractivity contribution in [3.05, 3.63) is 22.7 Å². The molecule has 11 nitrogen and oxygen atoms in total. The van der Waals surface area contributed by atoms with Gasteiger partial charge in [-0.1, -0.05) is 0 Å². The predicted octanol–water partition coefficient (Wildman–Crippen LogP) is -2.90. The van der Waals surface area contributed by atoms with Crippen molar-refractivity contribution in [2.45, 2.75) is 43.8 Å². The zero-order chi connectivity index (χ0) is 20.1. The normalized spacial score (nSPS) is 33.8. The lowest BCUT2D eigenvalue weighted by Crippen LogP contribution is -2.73. The number of anilines is 1. The van der Waals surface area contributed by atoms with Crippen molar-refractivity contribution >= 4 is 23.2 Å². The molecule has 5 N–H and O–H groups in total. The molecule has 0 aromatic carbocycles. The third-order valence-electron chi connectivity index (χ3n) is 4.67. The summed E-state index contributed by atoms with van der Waals surface area (Å²) in [5.41, 5.74) is -4.83. The predicted molar refractivity (Wildman–Crippen MR) is 84.8 cm³/mol. The highest BCUT2D eigenvalue weighted by Gasteiger charge is 2.80. The molecule has 1 aliphatic rings. The van der Waals surface area contributed by atoms with E-state index in [4.69, 9.17) is 10.5 Å². The molecule has 1 fully saturated rings. The topological polar surface area (TPSA) is 182 Å². The third kappa shape index (κ3) is 2.11. The number of aliphatic hydroxyl groups excluding tert-OH is 1. The van der Waals surface area contributed by atoms with Gasteiger partial charge in [-0.2, -0.15) is 4.98 Å². The Morgan fingerprint density at radius 3 is 2.19 bits per heavy atom. The van der Waals surface area contributed by atoms with E-state index >= 15 is 0 Å². The molecule has 11 heteroatoms. The summed E-state index contributed by atoms with van der Waals surface area (Å²) >= 11 is 0. The summed E-state index contributed by atoms with van der Waals surface area (Å²) in [6.45, 7) is 1.51. The second-order valence-electron chi connectivity index (χ2n) is 6.08. The van der Waals surface area contributed by atoms with E-state index in [-0.39, 0.29) is 5.82 Å². The molecule has 26 heavy (non-hydrogen) atoms. The molecule has 2 rings (SSSR count). The van der Waals surface area contributed by atoms with E-state index in [9.17, 15) is 34.5 Å². The maximum atomic E-state index is 12.5. The molecule has 0 aliphatic carbocycles. The fourth-order valence-corrected chi connectivity index (χ4v) is 3.42. The molecule has 0 radical (unpaired) electrons. The van der Waals surface area contributed by atoms with Gasteiger partial charge in [-0.15, -0.1) is 0 Å². The number of rotatable bonds is 5. The number of Topliss-reactive ketones (excluding diaryl/α,β-unsaturated/α-hetero) is 3. The second kappa shape index (κ2) is 6.06. The molecule has 2 heterocycles. The Bertz CT molecular complexity index is 852. The highest BCUT2D eigenvalue weighted by molar-refractivity contribution is 6.04. The zero-order valence-corrected chi connectivity index (χ0v) is 14.3. The van der Waals surface area contributed by atoms with Crippen molar-refractivity contribution in [3.8, 4) is 0 Å². The van der Waals surface area contributed by atoms with Gasteiger partial charge in [0.2, 0.25) is 11.3 Å². The highest BCUT2D eigenvalue weighted by atomic mass is 16.6. The SMILES string of the molecule is CC(=O)[C@@]1(O)[C@@](O)(C(C)=O)[C@@H](CO)O[C@@]1(C(C)=O)n1ccc(N)nc1=O. The minimum atomic E-state index is -3.22. The molecule has 0 spiro atoms.